The summed E-state index contributed by atoms with van der Waals surface area (Å²) in [6.45, 7) is -1.48. The summed E-state index contributed by atoms with van der Waals surface area (Å²) in [6, 6.07) is 0. The van der Waals surface area contributed by atoms with E-state index in [0.29, 0.717) is 0 Å². The molecule has 0 aliphatic carbocycles. The molecular weight excluding hydrogens is 348 g/mol. The highest BCUT2D eigenvalue weighted by atomic mass is 32.2. The van der Waals surface area contributed by atoms with E-state index < -0.39 is 52.3 Å². The number of esters is 1. The van der Waals surface area contributed by atoms with E-state index in [1.807, 2.05) is 0 Å². The monoisotopic (exact) mass is 366 g/mol. The lowest BCUT2D eigenvalue weighted by Gasteiger charge is -2.27. The molecule has 4 atom stereocenters. The van der Waals surface area contributed by atoms with Crippen LogP contribution in [0.3, 0.4) is 0 Å². The van der Waals surface area contributed by atoms with Gasteiger partial charge in [-0.1, -0.05) is 0 Å². The van der Waals surface area contributed by atoms with E-state index in [1.54, 1.807) is 0 Å². The van der Waals surface area contributed by atoms with Gasteiger partial charge in [0.15, 0.2) is 4.08 Å². The number of aliphatic hydroxyl groups excluding tert-OH is 5. The summed E-state index contributed by atoms with van der Waals surface area (Å²) < 4.78 is 2.18. The smallest absolute Gasteiger partial charge is 0.334 e. The first-order valence-corrected chi connectivity index (χ1v) is 7.29. The Kier molecular flexibility index (Phi) is 9.26. The van der Waals surface area contributed by atoms with Crippen LogP contribution in [0.5, 0.6) is 0 Å². The molecule has 120 valence electrons. The standard InChI is InChI=1S/C9H18O7S4/c10-1-3(11)5(13)6(14)4(12)2-16-7(15)9(19,20)8(17)18/h3-6,8,10-14,17-20H,1-2H2/t3-,4+,5-,6-/m1/s1. The van der Waals surface area contributed by atoms with Crippen molar-refractivity contribution in [1.29, 1.82) is 0 Å². The molecule has 0 aromatic carbocycles. The summed E-state index contributed by atoms with van der Waals surface area (Å²) in [5, 5.41) is 46.1. The van der Waals surface area contributed by atoms with Gasteiger partial charge in [-0.05, 0) is 0 Å². The Hall–Kier alpha value is 0.670. The number of carbonyl (C=O) groups is 1. The van der Waals surface area contributed by atoms with Crippen LogP contribution in [0.25, 0.3) is 0 Å². The summed E-state index contributed by atoms with van der Waals surface area (Å²) in [6.07, 6.45) is -6.93. The van der Waals surface area contributed by atoms with Gasteiger partial charge in [-0.25, -0.2) is 4.79 Å². The molecule has 0 fully saturated rings. The largest absolute Gasteiger partial charge is 0.461 e. The normalized spacial score (nSPS) is 18.5. The van der Waals surface area contributed by atoms with Crippen molar-refractivity contribution in [2.24, 2.45) is 0 Å². The van der Waals surface area contributed by atoms with E-state index in [1.165, 1.54) is 0 Å². The Balaban J connectivity index is 4.42. The fraction of sp³-hybridized carbons (Fsp3) is 0.889. The molecule has 5 N–H and O–H groups in total. The van der Waals surface area contributed by atoms with Gasteiger partial charge in [0.2, 0.25) is 0 Å². The van der Waals surface area contributed by atoms with Crippen LogP contribution in [0.2, 0.25) is 0 Å². The molecule has 0 heterocycles. The number of rotatable bonds is 8. The lowest BCUT2D eigenvalue weighted by atomic mass is 10.0. The summed E-state index contributed by atoms with van der Waals surface area (Å²) in [7, 11) is 0. The van der Waals surface area contributed by atoms with Crippen molar-refractivity contribution in [3.63, 3.8) is 0 Å². The molecule has 0 spiro atoms. The van der Waals surface area contributed by atoms with Gasteiger partial charge in [0, 0.05) is 0 Å². The minimum absolute atomic E-state index is 0.674. The lowest BCUT2D eigenvalue weighted by Crippen LogP contribution is -2.48. The Morgan fingerprint density at radius 3 is 1.90 bits per heavy atom. The molecule has 20 heavy (non-hydrogen) atoms. The van der Waals surface area contributed by atoms with Crippen LogP contribution in [0.1, 0.15) is 0 Å². The first kappa shape index (κ1) is 20.7. The number of carbonyl (C=O) groups excluding carboxylic acids is 1. The molecule has 11 heteroatoms. The van der Waals surface area contributed by atoms with Crippen molar-refractivity contribution in [1.82, 2.24) is 0 Å². The van der Waals surface area contributed by atoms with Crippen LogP contribution in [-0.2, 0) is 9.53 Å². The van der Waals surface area contributed by atoms with E-state index in [-0.39, 0.29) is 0 Å². The predicted molar refractivity (Wildman–Crippen MR) is 84.5 cm³/mol. The molecule has 0 radical (unpaired) electrons. The van der Waals surface area contributed by atoms with E-state index in [0.717, 1.165) is 0 Å². The van der Waals surface area contributed by atoms with Gasteiger partial charge >= 0.3 is 5.97 Å². The molecule has 0 unspecified atom stereocenters. The molecule has 0 aromatic rings. The number of hydrogen-bond acceptors (Lipinski definition) is 11. The van der Waals surface area contributed by atoms with Crippen LogP contribution < -0.4 is 0 Å². The van der Waals surface area contributed by atoms with Gasteiger partial charge in [-0.15, -0.1) is 25.3 Å². The van der Waals surface area contributed by atoms with E-state index in [2.05, 4.69) is 55.3 Å². The van der Waals surface area contributed by atoms with Gasteiger partial charge in [0.25, 0.3) is 0 Å². The zero-order valence-electron chi connectivity index (χ0n) is 10.1. The first-order valence-electron chi connectivity index (χ1n) is 5.36. The summed E-state index contributed by atoms with van der Waals surface area (Å²) in [5.74, 6) is -0.956. The SMILES string of the molecule is O=C(OC[C@H](O)[C@@H](O)[C@H](O)[C@H](O)CO)C(S)(S)C(S)S. The van der Waals surface area contributed by atoms with Gasteiger partial charge in [0.1, 0.15) is 31.0 Å². The van der Waals surface area contributed by atoms with Crippen LogP contribution in [0, 0.1) is 0 Å². The summed E-state index contributed by atoms with van der Waals surface area (Å²) in [5.41, 5.74) is 0. The van der Waals surface area contributed by atoms with Crippen molar-refractivity contribution >= 4 is 56.5 Å². The number of thiol groups is 4. The molecule has 0 bridgehead atoms. The molecule has 0 saturated carbocycles. The third kappa shape index (κ3) is 5.81. The molecule has 7 nitrogen and oxygen atoms in total. The highest BCUT2D eigenvalue weighted by Gasteiger charge is 2.38. The minimum atomic E-state index is -1.82. The predicted octanol–water partition coefficient (Wildman–Crippen LogP) is -2.29. The van der Waals surface area contributed by atoms with Crippen molar-refractivity contribution in [2.45, 2.75) is 33.1 Å². The fourth-order valence-electron chi connectivity index (χ4n) is 1.03. The Morgan fingerprint density at radius 2 is 1.50 bits per heavy atom. The first-order chi connectivity index (χ1) is 9.05. The van der Waals surface area contributed by atoms with E-state index >= 15 is 0 Å². The molecule has 0 aliphatic rings. The van der Waals surface area contributed by atoms with Crippen LogP contribution in [-0.4, -0.2) is 77.8 Å². The highest BCUT2D eigenvalue weighted by molar-refractivity contribution is 8.08. The van der Waals surface area contributed by atoms with E-state index in [4.69, 9.17) is 10.2 Å². The maximum atomic E-state index is 11.6. The second-order valence-electron chi connectivity index (χ2n) is 4.00. The molecular formula is C9H18O7S4. The summed E-state index contributed by atoms with van der Waals surface area (Å²) in [4.78, 5) is 11.6. The number of hydrogen-bond donors (Lipinski definition) is 9. The van der Waals surface area contributed by atoms with Crippen LogP contribution >= 0.6 is 50.5 Å². The lowest BCUT2D eigenvalue weighted by molar-refractivity contribution is -0.156. The molecule has 0 saturated heterocycles. The van der Waals surface area contributed by atoms with Gasteiger partial charge in [-0.2, -0.15) is 25.3 Å². The van der Waals surface area contributed by atoms with Gasteiger partial charge in [-0.3, -0.25) is 0 Å². The van der Waals surface area contributed by atoms with E-state index in [9.17, 15) is 20.1 Å². The molecule has 0 aromatic heterocycles. The average molecular weight is 367 g/mol. The highest BCUT2D eigenvalue weighted by Crippen LogP contribution is 2.31. The Labute approximate surface area is 138 Å². The second kappa shape index (κ2) is 8.96. The van der Waals surface area contributed by atoms with Gasteiger partial charge in [0.05, 0.1) is 11.2 Å². The zero-order valence-corrected chi connectivity index (χ0v) is 13.7. The number of ether oxygens (including phenoxy) is 1. The van der Waals surface area contributed by atoms with Crippen LogP contribution in [0.4, 0.5) is 0 Å². The zero-order chi connectivity index (χ0) is 16.1. The van der Waals surface area contributed by atoms with Crippen LogP contribution in [0.15, 0.2) is 0 Å². The van der Waals surface area contributed by atoms with Crippen molar-refractivity contribution in [2.75, 3.05) is 13.2 Å². The van der Waals surface area contributed by atoms with Gasteiger partial charge < -0.3 is 30.3 Å². The quantitative estimate of drug-likeness (QED) is 0.134. The molecule has 0 amide bonds. The second-order valence-corrected chi connectivity index (χ2v) is 7.20. The van der Waals surface area contributed by atoms with Crippen molar-refractivity contribution in [3.8, 4) is 0 Å². The van der Waals surface area contributed by atoms with Crippen molar-refractivity contribution < 1.29 is 35.1 Å². The minimum Gasteiger partial charge on any atom is -0.461 e. The topological polar surface area (TPSA) is 127 Å². The Morgan fingerprint density at radius 1 is 1.05 bits per heavy atom. The molecule has 0 rings (SSSR count). The third-order valence-corrected chi connectivity index (χ3v) is 4.84. The number of aliphatic hydroxyl groups is 5. The maximum absolute atomic E-state index is 11.6. The maximum Gasteiger partial charge on any atom is 0.334 e. The molecule has 0 aliphatic heterocycles. The fourth-order valence-corrected chi connectivity index (χ4v) is 1.37. The van der Waals surface area contributed by atoms with Crippen molar-refractivity contribution in [3.05, 3.63) is 0 Å². The third-order valence-electron chi connectivity index (χ3n) is 2.37. The Bertz CT molecular complexity index is 315. The summed E-state index contributed by atoms with van der Waals surface area (Å²) >= 11 is 15.5. The average Bonchev–Trinajstić information content (AvgIpc) is 2.41.